The maximum atomic E-state index is 6.51. The number of para-hydroxylation sites is 2. The van der Waals surface area contributed by atoms with Gasteiger partial charge in [0.2, 0.25) is 11.8 Å². The third-order valence-electron chi connectivity index (χ3n) is 7.02. The Bertz CT molecular complexity index is 1830. The molecule has 39 heavy (non-hydrogen) atoms. The van der Waals surface area contributed by atoms with Gasteiger partial charge < -0.3 is 14.2 Å². The minimum absolute atomic E-state index is 0.252. The molecule has 0 amide bonds. The molecule has 9 heteroatoms. The summed E-state index contributed by atoms with van der Waals surface area (Å²) < 4.78 is 21.0. The smallest absolute Gasteiger partial charge is 0.230 e. The minimum Gasteiger partial charge on any atom is -0.497 e. The number of ether oxygens (including phenoxy) is 3. The number of aryl methyl sites for hydroxylation is 1. The lowest BCUT2D eigenvalue weighted by atomic mass is 9.84. The summed E-state index contributed by atoms with van der Waals surface area (Å²) in [5.74, 6) is 2.86. The molecule has 0 saturated carbocycles. The zero-order valence-electron chi connectivity index (χ0n) is 21.6. The Morgan fingerprint density at radius 1 is 0.821 bits per heavy atom. The molecule has 7 rings (SSSR count). The Kier molecular flexibility index (Phi) is 5.29. The van der Waals surface area contributed by atoms with E-state index in [9.17, 15) is 0 Å². The van der Waals surface area contributed by atoms with Gasteiger partial charge in [-0.25, -0.2) is 19.2 Å². The average molecular weight is 517 g/mol. The van der Waals surface area contributed by atoms with Gasteiger partial charge in [-0.15, -0.1) is 5.10 Å². The molecule has 192 valence electrons. The van der Waals surface area contributed by atoms with Crippen LogP contribution in [0.4, 0.5) is 0 Å². The highest BCUT2D eigenvalue weighted by atomic mass is 16.5. The van der Waals surface area contributed by atoms with Gasteiger partial charge in [0.15, 0.2) is 11.5 Å². The topological polar surface area (TPSA) is 88.6 Å². The van der Waals surface area contributed by atoms with Crippen LogP contribution in [0.3, 0.4) is 0 Å². The van der Waals surface area contributed by atoms with Gasteiger partial charge in [-0.3, -0.25) is 0 Å². The van der Waals surface area contributed by atoms with Crippen LogP contribution < -0.4 is 14.2 Å². The lowest BCUT2D eigenvalue weighted by molar-refractivity contribution is 0.402. The Morgan fingerprint density at radius 3 is 2.36 bits per heavy atom. The Hall–Kier alpha value is -5.18. The largest absolute Gasteiger partial charge is 0.497 e. The van der Waals surface area contributed by atoms with Gasteiger partial charge in [0, 0.05) is 0 Å². The van der Waals surface area contributed by atoms with Gasteiger partial charge in [0.1, 0.15) is 17.8 Å². The van der Waals surface area contributed by atoms with E-state index in [4.69, 9.17) is 34.4 Å². The number of rotatable bonds is 5. The molecule has 1 aliphatic heterocycles. The highest BCUT2D eigenvalue weighted by molar-refractivity contribution is 5.71. The van der Waals surface area contributed by atoms with E-state index in [1.165, 1.54) is 0 Å². The van der Waals surface area contributed by atoms with Crippen molar-refractivity contribution in [1.82, 2.24) is 29.4 Å². The molecule has 3 aromatic carbocycles. The number of aromatic nitrogens is 6. The second kappa shape index (κ2) is 8.98. The molecule has 0 spiro atoms. The maximum Gasteiger partial charge on any atom is 0.230 e. The summed E-state index contributed by atoms with van der Waals surface area (Å²) in [5, 5.41) is 9.64. The van der Waals surface area contributed by atoms with Crippen molar-refractivity contribution >= 4 is 5.65 Å². The highest BCUT2D eigenvalue weighted by Gasteiger charge is 2.38. The van der Waals surface area contributed by atoms with E-state index < -0.39 is 0 Å². The molecule has 0 N–H and O–H groups in total. The molecule has 3 aromatic heterocycles. The lowest BCUT2D eigenvalue weighted by Crippen LogP contribution is -2.16. The van der Waals surface area contributed by atoms with E-state index in [2.05, 4.69) is 12.1 Å². The van der Waals surface area contributed by atoms with E-state index >= 15 is 0 Å². The van der Waals surface area contributed by atoms with Crippen molar-refractivity contribution < 1.29 is 14.2 Å². The zero-order chi connectivity index (χ0) is 26.5. The molecule has 4 heterocycles. The molecule has 1 unspecified atom stereocenters. The van der Waals surface area contributed by atoms with Gasteiger partial charge in [0.05, 0.1) is 48.2 Å². The SMILES string of the molecule is COc1ccc(C2c3c(C)nn(-c4ccccc4)c3Oc3ncn4nc(-c5ccccc5OC)nc4c32)cc1. The van der Waals surface area contributed by atoms with Gasteiger partial charge >= 0.3 is 0 Å². The first kappa shape index (κ1) is 23.0. The Morgan fingerprint density at radius 2 is 1.59 bits per heavy atom. The van der Waals surface area contributed by atoms with Crippen LogP contribution in [0, 0.1) is 6.92 Å². The zero-order valence-corrected chi connectivity index (χ0v) is 21.6. The van der Waals surface area contributed by atoms with Crippen LogP contribution in [-0.4, -0.2) is 43.6 Å². The third kappa shape index (κ3) is 3.62. The Labute approximate surface area is 224 Å². The molecule has 9 nitrogen and oxygen atoms in total. The summed E-state index contributed by atoms with van der Waals surface area (Å²) in [6.07, 6.45) is 1.63. The summed E-state index contributed by atoms with van der Waals surface area (Å²) in [4.78, 5) is 9.67. The first-order chi connectivity index (χ1) is 19.2. The monoisotopic (exact) mass is 516 g/mol. The third-order valence-corrected chi connectivity index (χ3v) is 7.02. The first-order valence-corrected chi connectivity index (χ1v) is 12.5. The standard InChI is InChI=1S/C30H24N6O3/c1-18-24-25(19-13-15-21(37-2)16-14-19)26-28-32-27(22-11-7-8-12-23(22)38-3)34-35(28)17-31-29(26)39-30(24)36(33-18)20-9-5-4-6-10-20/h4-17,25H,1-3H3. The van der Waals surface area contributed by atoms with Gasteiger partial charge in [0.25, 0.3) is 0 Å². The molecule has 0 radical (unpaired) electrons. The molecule has 0 bridgehead atoms. The fraction of sp³-hybridized carbons (Fsp3) is 0.133. The summed E-state index contributed by atoms with van der Waals surface area (Å²) in [7, 11) is 3.30. The minimum atomic E-state index is -0.252. The normalized spacial score (nSPS) is 14.0. The van der Waals surface area contributed by atoms with Crippen molar-refractivity contribution in [3.63, 3.8) is 0 Å². The van der Waals surface area contributed by atoms with Gasteiger partial charge in [-0.05, 0) is 48.9 Å². The first-order valence-electron chi connectivity index (χ1n) is 12.5. The number of benzene rings is 3. The van der Waals surface area contributed by atoms with Crippen molar-refractivity contribution in [1.29, 1.82) is 0 Å². The molecule has 0 aliphatic carbocycles. The summed E-state index contributed by atoms with van der Waals surface area (Å²) in [6, 6.07) is 25.7. The van der Waals surface area contributed by atoms with E-state index in [1.54, 1.807) is 25.1 Å². The predicted molar refractivity (Wildman–Crippen MR) is 145 cm³/mol. The number of hydrogen-bond acceptors (Lipinski definition) is 7. The number of methoxy groups -OCH3 is 2. The van der Waals surface area contributed by atoms with Crippen molar-refractivity contribution in [3.8, 4) is 40.3 Å². The number of hydrogen-bond donors (Lipinski definition) is 0. The molecule has 0 fully saturated rings. The molecular formula is C30H24N6O3. The van der Waals surface area contributed by atoms with E-state index in [0.29, 0.717) is 29.0 Å². The number of nitrogens with zero attached hydrogens (tertiary/aromatic N) is 6. The molecule has 1 aliphatic rings. The van der Waals surface area contributed by atoms with Crippen LogP contribution >= 0.6 is 0 Å². The predicted octanol–water partition coefficient (Wildman–Crippen LogP) is 5.59. The van der Waals surface area contributed by atoms with Crippen LogP contribution in [0.25, 0.3) is 22.7 Å². The highest BCUT2D eigenvalue weighted by Crippen LogP contribution is 2.50. The van der Waals surface area contributed by atoms with Crippen molar-refractivity contribution in [3.05, 3.63) is 108 Å². The van der Waals surface area contributed by atoms with Crippen molar-refractivity contribution in [2.45, 2.75) is 12.8 Å². The van der Waals surface area contributed by atoms with Crippen LogP contribution in [0.1, 0.15) is 28.3 Å². The fourth-order valence-electron chi connectivity index (χ4n) is 5.20. The van der Waals surface area contributed by atoms with Crippen molar-refractivity contribution in [2.24, 2.45) is 0 Å². The van der Waals surface area contributed by atoms with E-state index in [0.717, 1.165) is 39.4 Å². The van der Waals surface area contributed by atoms with E-state index in [1.807, 2.05) is 78.3 Å². The van der Waals surface area contributed by atoms with Crippen LogP contribution in [-0.2, 0) is 0 Å². The van der Waals surface area contributed by atoms with Crippen LogP contribution in [0.15, 0.2) is 85.2 Å². The summed E-state index contributed by atoms with van der Waals surface area (Å²) in [5.41, 5.74) is 6.01. The van der Waals surface area contributed by atoms with E-state index in [-0.39, 0.29) is 5.92 Å². The molecular weight excluding hydrogens is 492 g/mol. The lowest BCUT2D eigenvalue weighted by Gasteiger charge is -2.26. The average Bonchev–Trinajstić information content (AvgIpc) is 3.57. The molecule has 0 saturated heterocycles. The molecule has 6 aromatic rings. The van der Waals surface area contributed by atoms with Gasteiger partial charge in [-0.2, -0.15) is 5.10 Å². The second-order valence-corrected chi connectivity index (χ2v) is 9.23. The maximum absolute atomic E-state index is 6.51. The molecule has 1 atom stereocenters. The quantitative estimate of drug-likeness (QED) is 0.295. The summed E-state index contributed by atoms with van der Waals surface area (Å²) in [6.45, 7) is 2.00. The Balaban J connectivity index is 1.48. The van der Waals surface area contributed by atoms with Crippen LogP contribution in [0.2, 0.25) is 0 Å². The van der Waals surface area contributed by atoms with Crippen LogP contribution in [0.5, 0.6) is 23.3 Å². The summed E-state index contributed by atoms with van der Waals surface area (Å²) >= 11 is 0. The van der Waals surface area contributed by atoms with Crippen molar-refractivity contribution in [2.75, 3.05) is 14.2 Å². The fourth-order valence-corrected chi connectivity index (χ4v) is 5.20. The second-order valence-electron chi connectivity index (χ2n) is 9.23. The van der Waals surface area contributed by atoms with Gasteiger partial charge in [-0.1, -0.05) is 42.5 Å². The number of fused-ring (bicyclic) bond motifs is 4.